The molecule has 14 heteroatoms. The first-order valence-electron chi connectivity index (χ1n) is 12.7. The Morgan fingerprint density at radius 3 is 1.69 bits per heavy atom. The van der Waals surface area contributed by atoms with Gasteiger partial charge in [-0.05, 0) is 43.2 Å². The lowest BCUT2D eigenvalue weighted by Gasteiger charge is -2.60. The molecule has 2 atom stereocenters. The summed E-state index contributed by atoms with van der Waals surface area (Å²) < 4.78 is 10.3. The smallest absolute Gasteiger partial charge is 0.307 e. The van der Waals surface area contributed by atoms with Crippen LogP contribution in [0, 0.1) is 22.2 Å². The van der Waals surface area contributed by atoms with E-state index >= 15 is 0 Å². The Balaban J connectivity index is 2.41. The molecule has 0 aromatic heterocycles. The Kier molecular flexibility index (Phi) is 8.80. The maximum absolute atomic E-state index is 14.3. The van der Waals surface area contributed by atoms with Crippen molar-refractivity contribution in [1.29, 1.82) is 0 Å². The number of amides is 4. The minimum Gasteiger partial charge on any atom is -0.469 e. The number of nitrogens with one attached hydrogen (secondary N) is 2. The van der Waals surface area contributed by atoms with E-state index in [1.165, 1.54) is 14.1 Å². The fourth-order valence-corrected chi connectivity index (χ4v) is 6.56. The van der Waals surface area contributed by atoms with Crippen molar-refractivity contribution in [3.8, 4) is 0 Å². The van der Waals surface area contributed by atoms with Crippen LogP contribution in [0.3, 0.4) is 0 Å². The van der Waals surface area contributed by atoms with Crippen molar-refractivity contribution in [1.82, 2.24) is 20.4 Å². The average Bonchev–Trinajstić information content (AvgIpc) is 2.90. The number of ether oxygens (including phenoxy) is 2. The maximum atomic E-state index is 14.3. The molecular formula is C25H34N4O8S2. The third-order valence-electron chi connectivity index (χ3n) is 8.13. The van der Waals surface area contributed by atoms with Crippen LogP contribution >= 0.6 is 24.4 Å². The first-order valence-corrected chi connectivity index (χ1v) is 13.5. The Morgan fingerprint density at radius 1 is 0.846 bits per heavy atom. The van der Waals surface area contributed by atoms with Gasteiger partial charge in [-0.2, -0.15) is 0 Å². The second-order valence-electron chi connectivity index (χ2n) is 10.7. The van der Waals surface area contributed by atoms with Crippen molar-refractivity contribution >= 4 is 70.2 Å². The zero-order valence-corrected chi connectivity index (χ0v) is 24.3. The number of methoxy groups -OCH3 is 1. The molecule has 1 aliphatic carbocycles. The Labute approximate surface area is 237 Å². The van der Waals surface area contributed by atoms with Crippen molar-refractivity contribution in [2.45, 2.75) is 58.8 Å². The molecular weight excluding hydrogens is 548 g/mol. The number of rotatable bonds is 8. The number of hydrogen-bond acceptors (Lipinski definition) is 10. The highest BCUT2D eigenvalue weighted by molar-refractivity contribution is 7.80. The van der Waals surface area contributed by atoms with Gasteiger partial charge in [-0.25, -0.2) is 0 Å². The quantitative estimate of drug-likeness (QED) is 0.239. The van der Waals surface area contributed by atoms with Gasteiger partial charge in [0.1, 0.15) is 10.8 Å². The number of carbonyl (C=O) groups is 6. The molecule has 2 heterocycles. The lowest BCUT2D eigenvalue weighted by Crippen LogP contribution is -2.78. The first-order chi connectivity index (χ1) is 18.2. The molecule has 0 spiro atoms. The summed E-state index contributed by atoms with van der Waals surface area (Å²) >= 11 is 10.4. The van der Waals surface area contributed by atoms with E-state index in [0.29, 0.717) is 19.3 Å². The number of esters is 2. The van der Waals surface area contributed by atoms with Crippen LogP contribution in [-0.2, 0) is 38.2 Å². The number of hydrogen-bond donors (Lipinski definition) is 2. The molecule has 2 aliphatic heterocycles. The second kappa shape index (κ2) is 11.2. The van der Waals surface area contributed by atoms with Gasteiger partial charge < -0.3 is 20.1 Å². The molecule has 0 aromatic carbocycles. The molecule has 3 fully saturated rings. The molecule has 4 amide bonds. The monoisotopic (exact) mass is 582 g/mol. The van der Waals surface area contributed by atoms with Crippen LogP contribution in [0.4, 0.5) is 0 Å². The summed E-state index contributed by atoms with van der Waals surface area (Å²) in [6.45, 7) is 3.67. The van der Waals surface area contributed by atoms with Crippen LogP contribution in [0.5, 0.6) is 0 Å². The summed E-state index contributed by atoms with van der Waals surface area (Å²) in [5.74, 6) is -5.40. The number of nitrogens with zero attached hydrogens (tertiary/aromatic N) is 2. The summed E-state index contributed by atoms with van der Waals surface area (Å²) in [6, 6.07) is 0. The molecule has 39 heavy (non-hydrogen) atoms. The van der Waals surface area contributed by atoms with Gasteiger partial charge >= 0.3 is 11.9 Å². The third kappa shape index (κ3) is 4.71. The van der Waals surface area contributed by atoms with E-state index in [-0.39, 0.29) is 35.6 Å². The number of carbonyl (C=O) groups excluding carboxylic acids is 6. The second-order valence-corrected chi connectivity index (χ2v) is 11.5. The van der Waals surface area contributed by atoms with Crippen LogP contribution in [0.25, 0.3) is 0 Å². The SMILES string of the molecule is COC(=O)CC1(C2(C3(CC(=O)OCC(C)C)C(=O)NC(=S)N(C)C3=O)CCCCC2)C(=O)NC(=S)N(C)C1=O. The highest BCUT2D eigenvalue weighted by Crippen LogP contribution is 2.65. The molecule has 2 saturated heterocycles. The van der Waals surface area contributed by atoms with E-state index in [2.05, 4.69) is 10.6 Å². The van der Waals surface area contributed by atoms with Crippen molar-refractivity contribution in [3.63, 3.8) is 0 Å². The minimum atomic E-state index is -2.32. The van der Waals surface area contributed by atoms with E-state index in [1.54, 1.807) is 0 Å². The normalized spacial score (nSPS) is 27.3. The highest BCUT2D eigenvalue weighted by Gasteiger charge is 2.77. The van der Waals surface area contributed by atoms with E-state index in [9.17, 15) is 28.8 Å². The summed E-state index contributed by atoms with van der Waals surface area (Å²) in [4.78, 5) is 84.9. The Morgan fingerprint density at radius 2 is 1.28 bits per heavy atom. The van der Waals surface area contributed by atoms with Crippen molar-refractivity contribution in [3.05, 3.63) is 0 Å². The molecule has 1 saturated carbocycles. The fraction of sp³-hybridized carbons (Fsp3) is 0.680. The van der Waals surface area contributed by atoms with E-state index in [4.69, 9.17) is 33.9 Å². The van der Waals surface area contributed by atoms with Gasteiger partial charge in [0.2, 0.25) is 23.6 Å². The fourth-order valence-electron chi connectivity index (χ4n) is 6.21. The summed E-state index contributed by atoms with van der Waals surface area (Å²) in [6.07, 6.45) is -0.0437. The first kappa shape index (κ1) is 30.5. The molecule has 12 nitrogen and oxygen atoms in total. The van der Waals surface area contributed by atoms with Gasteiger partial charge in [0, 0.05) is 19.5 Å². The summed E-state index contributed by atoms with van der Waals surface area (Å²) in [5.41, 5.74) is -6.48. The van der Waals surface area contributed by atoms with Crippen LogP contribution in [0.2, 0.25) is 0 Å². The average molecular weight is 583 g/mol. The van der Waals surface area contributed by atoms with Gasteiger partial charge in [-0.3, -0.25) is 38.6 Å². The lowest BCUT2D eigenvalue weighted by molar-refractivity contribution is -0.196. The van der Waals surface area contributed by atoms with Crippen molar-refractivity contribution < 1.29 is 38.2 Å². The van der Waals surface area contributed by atoms with Crippen LogP contribution in [0.1, 0.15) is 58.8 Å². The highest BCUT2D eigenvalue weighted by atomic mass is 32.1. The van der Waals surface area contributed by atoms with Gasteiger partial charge in [-0.15, -0.1) is 0 Å². The predicted molar refractivity (Wildman–Crippen MR) is 144 cm³/mol. The van der Waals surface area contributed by atoms with Crippen LogP contribution < -0.4 is 10.6 Å². The molecule has 214 valence electrons. The maximum Gasteiger partial charge on any atom is 0.307 e. The zero-order valence-electron chi connectivity index (χ0n) is 22.7. The van der Waals surface area contributed by atoms with Crippen molar-refractivity contribution in [2.75, 3.05) is 27.8 Å². The largest absolute Gasteiger partial charge is 0.469 e. The van der Waals surface area contributed by atoms with Crippen LogP contribution in [0.15, 0.2) is 0 Å². The van der Waals surface area contributed by atoms with E-state index in [1.807, 2.05) is 13.8 Å². The van der Waals surface area contributed by atoms with Gasteiger partial charge in [0.15, 0.2) is 10.2 Å². The lowest BCUT2D eigenvalue weighted by atomic mass is 9.42. The van der Waals surface area contributed by atoms with E-state index < -0.39 is 64.7 Å². The molecule has 0 bridgehead atoms. The molecule has 0 radical (unpaired) electrons. The number of thiocarbonyl (C=S) groups is 2. The predicted octanol–water partition coefficient (Wildman–Crippen LogP) is 0.808. The molecule has 2 N–H and O–H groups in total. The third-order valence-corrected chi connectivity index (χ3v) is 8.88. The van der Waals surface area contributed by atoms with Gasteiger partial charge in [0.05, 0.1) is 26.6 Å². The zero-order chi connectivity index (χ0) is 29.3. The summed E-state index contributed by atoms with van der Waals surface area (Å²) in [5, 5.41) is 4.61. The minimum absolute atomic E-state index is 0.000971. The van der Waals surface area contributed by atoms with Gasteiger partial charge in [-0.1, -0.05) is 33.1 Å². The Bertz CT molecular complexity index is 1140. The topological polar surface area (TPSA) is 151 Å². The molecule has 3 rings (SSSR count). The standard InChI is InChI=1S/C25H34N4O8S2/c1-14(2)13-37-16(31)12-25(18(33)27-22(39)29(4)20(25)35)23(9-7-6-8-10-23)24(11-15(30)36-5)17(32)26-21(38)28(3)19(24)34/h14H,6-13H2,1-5H3,(H,26,32,38)(H,27,33,39). The van der Waals surface area contributed by atoms with E-state index in [0.717, 1.165) is 16.9 Å². The van der Waals surface area contributed by atoms with Crippen molar-refractivity contribution in [2.24, 2.45) is 22.2 Å². The Hall–Kier alpha value is -3.00. The van der Waals surface area contributed by atoms with Crippen LogP contribution in [-0.4, -0.2) is 83.4 Å². The van der Waals surface area contributed by atoms with Gasteiger partial charge in [0.25, 0.3) is 0 Å². The summed E-state index contributed by atoms with van der Waals surface area (Å²) in [7, 11) is 3.78. The molecule has 2 unspecified atom stereocenters. The molecule has 0 aromatic rings. The molecule has 3 aliphatic rings.